The topological polar surface area (TPSA) is 18.5 Å². The molecule has 0 heterocycles. The second-order valence-corrected chi connectivity index (χ2v) is 7.27. The Bertz CT molecular complexity index is 434. The van der Waals surface area contributed by atoms with Crippen molar-refractivity contribution < 1.29 is 9.47 Å². The molecule has 2 unspecified atom stereocenters. The molecule has 1 aromatic rings. The van der Waals surface area contributed by atoms with E-state index in [9.17, 15) is 0 Å². The van der Waals surface area contributed by atoms with Gasteiger partial charge in [0.15, 0.2) is 0 Å². The summed E-state index contributed by atoms with van der Waals surface area (Å²) in [7, 11) is 0. The van der Waals surface area contributed by atoms with Gasteiger partial charge in [0.1, 0.15) is 5.75 Å². The molecular weight excluding hydrogens is 284 g/mol. The number of hydrogen-bond donors (Lipinski definition) is 0. The highest BCUT2D eigenvalue weighted by atomic mass is 16.7. The zero-order valence-corrected chi connectivity index (χ0v) is 16.2. The lowest BCUT2D eigenvalue weighted by atomic mass is 9.99. The van der Waals surface area contributed by atoms with Crippen LogP contribution < -0.4 is 4.74 Å². The predicted octanol–water partition coefficient (Wildman–Crippen LogP) is 6.55. The third-order valence-corrected chi connectivity index (χ3v) is 4.50. The summed E-state index contributed by atoms with van der Waals surface area (Å²) in [5, 5.41) is 0. The highest BCUT2D eigenvalue weighted by molar-refractivity contribution is 5.29. The second-order valence-electron chi connectivity index (χ2n) is 7.27. The van der Waals surface area contributed by atoms with Crippen LogP contribution in [0.5, 0.6) is 5.75 Å². The lowest BCUT2D eigenvalue weighted by Crippen LogP contribution is -2.40. The van der Waals surface area contributed by atoms with Gasteiger partial charge in [-0.05, 0) is 48.8 Å². The predicted molar refractivity (Wildman–Crippen MR) is 99.1 cm³/mol. The lowest BCUT2D eigenvalue weighted by Gasteiger charge is -2.35. The van der Waals surface area contributed by atoms with E-state index in [0.717, 1.165) is 31.4 Å². The summed E-state index contributed by atoms with van der Waals surface area (Å²) >= 11 is 0. The molecule has 0 saturated carbocycles. The quantitative estimate of drug-likeness (QED) is 0.455. The van der Waals surface area contributed by atoms with Gasteiger partial charge in [0.05, 0.1) is 6.10 Å². The van der Waals surface area contributed by atoms with Gasteiger partial charge >= 0.3 is 0 Å². The van der Waals surface area contributed by atoms with Crippen LogP contribution in [0.2, 0.25) is 0 Å². The minimum absolute atomic E-state index is 0.248. The van der Waals surface area contributed by atoms with Crippen LogP contribution in [-0.2, 0) is 4.74 Å². The number of rotatable bonds is 10. The Balaban J connectivity index is 2.87. The summed E-state index contributed by atoms with van der Waals surface area (Å²) in [6.07, 6.45) is 4.32. The van der Waals surface area contributed by atoms with Crippen molar-refractivity contribution in [3.63, 3.8) is 0 Å². The molecule has 0 aromatic heterocycles. The molecule has 132 valence electrons. The number of hydrogen-bond acceptors (Lipinski definition) is 2. The van der Waals surface area contributed by atoms with Crippen molar-refractivity contribution in [1.29, 1.82) is 0 Å². The van der Waals surface area contributed by atoms with E-state index >= 15 is 0 Å². The lowest BCUT2D eigenvalue weighted by molar-refractivity contribution is -0.209. The van der Waals surface area contributed by atoms with Gasteiger partial charge in [0.2, 0.25) is 5.79 Å². The summed E-state index contributed by atoms with van der Waals surface area (Å²) in [5.41, 5.74) is 1.37. The molecule has 0 N–H and O–H groups in total. The minimum Gasteiger partial charge on any atom is -0.463 e. The first-order valence-corrected chi connectivity index (χ1v) is 9.30. The minimum atomic E-state index is -0.567. The molecule has 2 nitrogen and oxygen atoms in total. The maximum absolute atomic E-state index is 6.33. The smallest absolute Gasteiger partial charge is 0.208 e. The van der Waals surface area contributed by atoms with Gasteiger partial charge in [-0.25, -0.2) is 0 Å². The molecule has 23 heavy (non-hydrogen) atoms. The molecule has 0 bridgehead atoms. The average Bonchev–Trinajstić information content (AvgIpc) is 2.51. The van der Waals surface area contributed by atoms with Crippen molar-refractivity contribution in [2.24, 2.45) is 5.92 Å². The van der Waals surface area contributed by atoms with Gasteiger partial charge in [-0.2, -0.15) is 0 Å². The maximum Gasteiger partial charge on any atom is 0.208 e. The number of benzene rings is 1. The molecule has 2 atom stereocenters. The van der Waals surface area contributed by atoms with Crippen LogP contribution in [0.3, 0.4) is 0 Å². The fourth-order valence-corrected chi connectivity index (χ4v) is 3.01. The fraction of sp³-hybridized carbons (Fsp3) is 0.714. The Morgan fingerprint density at radius 1 is 0.913 bits per heavy atom. The Hall–Kier alpha value is -1.02. The van der Waals surface area contributed by atoms with Crippen molar-refractivity contribution >= 4 is 0 Å². The highest BCUT2D eigenvalue weighted by Gasteiger charge is 2.31. The summed E-state index contributed by atoms with van der Waals surface area (Å²) < 4.78 is 12.6. The van der Waals surface area contributed by atoms with E-state index in [2.05, 4.69) is 72.7 Å². The van der Waals surface area contributed by atoms with Crippen molar-refractivity contribution in [3.05, 3.63) is 29.8 Å². The summed E-state index contributed by atoms with van der Waals surface area (Å²) in [5.74, 6) is 1.44. The van der Waals surface area contributed by atoms with E-state index in [1.807, 2.05) is 0 Å². The molecule has 0 fully saturated rings. The van der Waals surface area contributed by atoms with Crippen LogP contribution in [0.4, 0.5) is 0 Å². The Morgan fingerprint density at radius 3 is 1.91 bits per heavy atom. The van der Waals surface area contributed by atoms with Gasteiger partial charge in [0.25, 0.3) is 0 Å². The first kappa shape index (κ1) is 20.0. The standard InChI is InChI=1S/C21H36O2/c1-8-17(6)18-11-13-20(14-12-18)23-21(7,15-16(4)5)22-19(9-2)10-3/h11-14,16-17,19H,8-10,15H2,1-7H3. The molecule has 0 aliphatic carbocycles. The largest absolute Gasteiger partial charge is 0.463 e. The third-order valence-electron chi connectivity index (χ3n) is 4.50. The zero-order chi connectivity index (χ0) is 17.5. The van der Waals surface area contributed by atoms with Gasteiger partial charge in [-0.1, -0.05) is 53.7 Å². The van der Waals surface area contributed by atoms with Crippen LogP contribution in [0.25, 0.3) is 0 Å². The van der Waals surface area contributed by atoms with E-state index < -0.39 is 5.79 Å². The van der Waals surface area contributed by atoms with E-state index in [4.69, 9.17) is 9.47 Å². The highest BCUT2D eigenvalue weighted by Crippen LogP contribution is 2.30. The maximum atomic E-state index is 6.33. The molecule has 0 amide bonds. The molecule has 0 radical (unpaired) electrons. The third kappa shape index (κ3) is 6.55. The number of ether oxygens (including phenoxy) is 2. The van der Waals surface area contributed by atoms with Crippen LogP contribution in [0.15, 0.2) is 24.3 Å². The molecule has 1 aromatic carbocycles. The van der Waals surface area contributed by atoms with Crippen LogP contribution in [-0.4, -0.2) is 11.9 Å². The zero-order valence-electron chi connectivity index (χ0n) is 16.2. The molecule has 0 spiro atoms. The summed E-state index contributed by atoms with van der Waals surface area (Å²) in [4.78, 5) is 0. The van der Waals surface area contributed by atoms with Crippen LogP contribution in [0, 0.1) is 5.92 Å². The summed E-state index contributed by atoms with van der Waals surface area (Å²) in [6, 6.07) is 8.51. The SMILES string of the molecule is CCC(CC)OC(C)(CC(C)C)Oc1ccc(C(C)CC)cc1. The molecule has 0 saturated heterocycles. The molecule has 1 rings (SSSR count). The van der Waals surface area contributed by atoms with Gasteiger partial charge in [0, 0.05) is 13.3 Å². The van der Waals surface area contributed by atoms with Crippen molar-refractivity contribution in [1.82, 2.24) is 0 Å². The fourth-order valence-electron chi connectivity index (χ4n) is 3.01. The first-order valence-electron chi connectivity index (χ1n) is 9.30. The molecule has 0 aliphatic heterocycles. The van der Waals surface area contributed by atoms with E-state index in [1.165, 1.54) is 5.56 Å². The molecular formula is C21H36O2. The Kier molecular flexibility index (Phi) is 8.11. The van der Waals surface area contributed by atoms with Gasteiger partial charge in [-0.3, -0.25) is 0 Å². The van der Waals surface area contributed by atoms with Crippen LogP contribution in [0.1, 0.15) is 85.6 Å². The molecule has 0 aliphatic rings. The normalized spacial score (nSPS) is 15.7. The summed E-state index contributed by atoms with van der Waals surface area (Å²) in [6.45, 7) is 15.3. The van der Waals surface area contributed by atoms with E-state index in [-0.39, 0.29) is 6.10 Å². The van der Waals surface area contributed by atoms with Crippen molar-refractivity contribution in [3.8, 4) is 5.75 Å². The van der Waals surface area contributed by atoms with Crippen molar-refractivity contribution in [2.45, 2.75) is 92.0 Å². The average molecular weight is 321 g/mol. The van der Waals surface area contributed by atoms with E-state index in [1.54, 1.807) is 0 Å². The monoisotopic (exact) mass is 320 g/mol. The Morgan fingerprint density at radius 2 is 1.48 bits per heavy atom. The Labute approximate surface area is 143 Å². The van der Waals surface area contributed by atoms with Crippen molar-refractivity contribution in [2.75, 3.05) is 0 Å². The van der Waals surface area contributed by atoms with Gasteiger partial charge < -0.3 is 9.47 Å². The first-order chi connectivity index (χ1) is 10.8. The van der Waals surface area contributed by atoms with E-state index in [0.29, 0.717) is 11.8 Å². The second kappa shape index (κ2) is 9.32. The van der Waals surface area contributed by atoms with Gasteiger partial charge in [-0.15, -0.1) is 0 Å². The molecule has 2 heteroatoms. The van der Waals surface area contributed by atoms with Crippen LogP contribution >= 0.6 is 0 Å².